The second-order valence-corrected chi connectivity index (χ2v) is 7.30. The third kappa shape index (κ3) is 4.49. The molecule has 1 saturated heterocycles. The van der Waals surface area contributed by atoms with Crippen LogP contribution in [0.4, 0.5) is 5.69 Å². The summed E-state index contributed by atoms with van der Waals surface area (Å²) in [6.45, 7) is 6.98. The second-order valence-electron chi connectivity index (χ2n) is 7.30. The predicted molar refractivity (Wildman–Crippen MR) is 106 cm³/mol. The van der Waals surface area contributed by atoms with Gasteiger partial charge in [0.05, 0.1) is 0 Å². The van der Waals surface area contributed by atoms with Crippen molar-refractivity contribution >= 4 is 11.6 Å². The van der Waals surface area contributed by atoms with Crippen molar-refractivity contribution in [3.63, 3.8) is 0 Å². The molecule has 1 heterocycles. The molecular formula is C21H28N4O. The summed E-state index contributed by atoms with van der Waals surface area (Å²) in [6.07, 6.45) is 0. The number of benzene rings is 2. The molecule has 1 atom stereocenters. The minimum absolute atomic E-state index is 0.208. The molecule has 5 nitrogen and oxygen atoms in total. The minimum atomic E-state index is -1.07. The van der Waals surface area contributed by atoms with E-state index in [9.17, 15) is 4.79 Å². The first-order valence-electron chi connectivity index (χ1n) is 9.11. The number of rotatable bonds is 5. The molecule has 5 heteroatoms. The Bertz CT molecular complexity index is 737. The number of nitrogens with zero attached hydrogens (tertiary/aromatic N) is 2. The minimum Gasteiger partial charge on any atom is -0.324 e. The molecule has 1 aliphatic rings. The molecule has 1 fully saturated rings. The number of carbonyl (C=O) groups excluding carboxylic acids is 1. The van der Waals surface area contributed by atoms with Crippen LogP contribution >= 0.6 is 0 Å². The molecule has 26 heavy (non-hydrogen) atoms. The normalized spacial score (nSPS) is 18.3. The summed E-state index contributed by atoms with van der Waals surface area (Å²) >= 11 is 0. The van der Waals surface area contributed by atoms with E-state index in [1.807, 2.05) is 48.5 Å². The van der Waals surface area contributed by atoms with Crippen molar-refractivity contribution < 1.29 is 4.79 Å². The van der Waals surface area contributed by atoms with Gasteiger partial charge < -0.3 is 16.0 Å². The Labute approximate surface area is 155 Å². The van der Waals surface area contributed by atoms with E-state index >= 15 is 0 Å². The quantitative estimate of drug-likeness (QED) is 0.866. The largest absolute Gasteiger partial charge is 0.324 e. The fourth-order valence-electron chi connectivity index (χ4n) is 3.19. The highest BCUT2D eigenvalue weighted by Crippen LogP contribution is 2.21. The Hall–Kier alpha value is -2.21. The number of likely N-dealkylation sites (N-methyl/N-ethyl adjacent to an activating group) is 1. The molecule has 1 amide bonds. The highest BCUT2D eigenvalue weighted by atomic mass is 16.2. The molecule has 2 aromatic rings. The van der Waals surface area contributed by atoms with Gasteiger partial charge in [0.2, 0.25) is 5.91 Å². The monoisotopic (exact) mass is 352 g/mol. The number of carbonyl (C=O) groups is 1. The number of anilines is 1. The van der Waals surface area contributed by atoms with Crippen LogP contribution < -0.4 is 11.1 Å². The van der Waals surface area contributed by atoms with Gasteiger partial charge in [0.1, 0.15) is 5.54 Å². The smallest absolute Gasteiger partial charge is 0.248 e. The van der Waals surface area contributed by atoms with Crippen molar-refractivity contribution in [3.05, 3.63) is 65.7 Å². The van der Waals surface area contributed by atoms with Crippen molar-refractivity contribution in [2.45, 2.75) is 19.0 Å². The van der Waals surface area contributed by atoms with Gasteiger partial charge in [-0.15, -0.1) is 0 Å². The van der Waals surface area contributed by atoms with Gasteiger partial charge in [-0.1, -0.05) is 42.5 Å². The zero-order valence-electron chi connectivity index (χ0n) is 15.6. The lowest BCUT2D eigenvalue weighted by molar-refractivity contribution is -0.120. The molecule has 0 aliphatic carbocycles. The third-order valence-corrected chi connectivity index (χ3v) is 5.03. The van der Waals surface area contributed by atoms with Crippen LogP contribution in [0, 0.1) is 0 Å². The van der Waals surface area contributed by atoms with Crippen molar-refractivity contribution in [1.29, 1.82) is 0 Å². The number of nitrogens with two attached hydrogens (primary N) is 1. The summed E-state index contributed by atoms with van der Waals surface area (Å²) in [5, 5.41) is 2.97. The van der Waals surface area contributed by atoms with Gasteiger partial charge >= 0.3 is 0 Å². The summed E-state index contributed by atoms with van der Waals surface area (Å²) in [4.78, 5) is 17.5. The Morgan fingerprint density at radius 1 is 1.08 bits per heavy atom. The first-order chi connectivity index (χ1) is 12.4. The average Bonchev–Trinajstić information content (AvgIpc) is 2.64. The summed E-state index contributed by atoms with van der Waals surface area (Å²) in [5.74, 6) is -0.208. The number of hydrogen-bond acceptors (Lipinski definition) is 4. The lowest BCUT2D eigenvalue weighted by Crippen LogP contribution is -2.45. The van der Waals surface area contributed by atoms with Gasteiger partial charge in [-0.25, -0.2) is 0 Å². The van der Waals surface area contributed by atoms with E-state index in [-0.39, 0.29) is 5.91 Å². The lowest BCUT2D eigenvalue weighted by atomic mass is 9.92. The van der Waals surface area contributed by atoms with Crippen LogP contribution in [0.15, 0.2) is 54.6 Å². The first kappa shape index (κ1) is 18.6. The van der Waals surface area contributed by atoms with E-state index in [2.05, 4.69) is 28.2 Å². The highest BCUT2D eigenvalue weighted by Gasteiger charge is 2.30. The molecule has 138 valence electrons. The summed E-state index contributed by atoms with van der Waals surface area (Å²) in [7, 11) is 2.16. The SMILES string of the molecule is CN1CCN(Cc2cccc(NC(=O)C(C)(N)c3ccccc3)c2)CC1. The second kappa shape index (κ2) is 7.99. The maximum Gasteiger partial charge on any atom is 0.248 e. The molecule has 3 N–H and O–H groups in total. The van der Waals surface area contributed by atoms with Crippen LogP contribution in [0.1, 0.15) is 18.1 Å². The number of amides is 1. The molecule has 0 radical (unpaired) electrons. The van der Waals surface area contributed by atoms with Crippen LogP contribution in [-0.4, -0.2) is 48.9 Å². The highest BCUT2D eigenvalue weighted by molar-refractivity contribution is 5.98. The van der Waals surface area contributed by atoms with Gasteiger partial charge in [0.25, 0.3) is 0 Å². The van der Waals surface area contributed by atoms with Crippen LogP contribution in [0.25, 0.3) is 0 Å². The molecule has 0 aromatic heterocycles. The molecule has 1 aliphatic heterocycles. The predicted octanol–water partition coefficient (Wildman–Crippen LogP) is 2.25. The van der Waals surface area contributed by atoms with Crippen molar-refractivity contribution in [1.82, 2.24) is 9.80 Å². The van der Waals surface area contributed by atoms with Crippen LogP contribution in [0.2, 0.25) is 0 Å². The molecule has 0 saturated carbocycles. The number of nitrogens with one attached hydrogen (secondary N) is 1. The van der Waals surface area contributed by atoms with Gasteiger partial charge in [-0.05, 0) is 37.2 Å². The van der Waals surface area contributed by atoms with Crippen LogP contribution in [-0.2, 0) is 16.9 Å². The Morgan fingerprint density at radius 2 is 1.77 bits per heavy atom. The van der Waals surface area contributed by atoms with Gasteiger partial charge in [0.15, 0.2) is 0 Å². The molecule has 0 spiro atoms. The topological polar surface area (TPSA) is 61.6 Å². The van der Waals surface area contributed by atoms with Crippen molar-refractivity contribution in [2.24, 2.45) is 5.73 Å². The van der Waals surface area contributed by atoms with E-state index < -0.39 is 5.54 Å². The average molecular weight is 352 g/mol. The zero-order valence-corrected chi connectivity index (χ0v) is 15.6. The fourth-order valence-corrected chi connectivity index (χ4v) is 3.19. The van der Waals surface area contributed by atoms with Crippen molar-refractivity contribution in [2.75, 3.05) is 38.5 Å². The Balaban J connectivity index is 1.65. The molecular weight excluding hydrogens is 324 g/mol. The molecule has 3 rings (SSSR count). The summed E-state index contributed by atoms with van der Waals surface area (Å²) in [6, 6.07) is 17.5. The summed E-state index contributed by atoms with van der Waals surface area (Å²) < 4.78 is 0. The van der Waals surface area contributed by atoms with E-state index in [1.54, 1.807) is 6.92 Å². The van der Waals surface area contributed by atoms with E-state index in [4.69, 9.17) is 5.73 Å². The maximum atomic E-state index is 12.7. The zero-order chi connectivity index (χ0) is 18.6. The van der Waals surface area contributed by atoms with Crippen LogP contribution in [0.5, 0.6) is 0 Å². The van der Waals surface area contributed by atoms with Crippen LogP contribution in [0.3, 0.4) is 0 Å². The maximum absolute atomic E-state index is 12.7. The molecule has 1 unspecified atom stereocenters. The van der Waals surface area contributed by atoms with E-state index in [0.717, 1.165) is 44.0 Å². The number of piperazine rings is 1. The molecule has 0 bridgehead atoms. The van der Waals surface area contributed by atoms with Gasteiger partial charge in [-0.3, -0.25) is 9.69 Å². The fraction of sp³-hybridized carbons (Fsp3) is 0.381. The standard InChI is InChI=1S/C21H28N4O/c1-21(22,18-8-4-3-5-9-18)20(26)23-19-10-6-7-17(15-19)16-25-13-11-24(2)12-14-25/h3-10,15H,11-14,16,22H2,1-2H3,(H,23,26). The Morgan fingerprint density at radius 3 is 2.46 bits per heavy atom. The van der Waals surface area contributed by atoms with Gasteiger partial charge in [0, 0.05) is 38.4 Å². The summed E-state index contributed by atoms with van der Waals surface area (Å²) in [5.41, 5.74) is 8.01. The van der Waals surface area contributed by atoms with E-state index in [1.165, 1.54) is 5.56 Å². The Kier molecular flexibility index (Phi) is 5.71. The molecule has 2 aromatic carbocycles. The first-order valence-corrected chi connectivity index (χ1v) is 9.11. The van der Waals surface area contributed by atoms with E-state index in [0.29, 0.717) is 0 Å². The number of hydrogen-bond donors (Lipinski definition) is 2. The van der Waals surface area contributed by atoms with Gasteiger partial charge in [-0.2, -0.15) is 0 Å². The third-order valence-electron chi connectivity index (χ3n) is 5.03. The van der Waals surface area contributed by atoms with Crippen molar-refractivity contribution in [3.8, 4) is 0 Å². The lowest BCUT2D eigenvalue weighted by Gasteiger charge is -2.32.